The minimum atomic E-state index is -0.870. The van der Waals surface area contributed by atoms with E-state index in [1.165, 1.54) is 4.90 Å². The van der Waals surface area contributed by atoms with Gasteiger partial charge in [0.1, 0.15) is 19.3 Å². The average Bonchev–Trinajstić information content (AvgIpc) is 3.46. The summed E-state index contributed by atoms with van der Waals surface area (Å²) >= 11 is 0. The van der Waals surface area contributed by atoms with Crippen LogP contribution in [0.25, 0.3) is 11.1 Å². The van der Waals surface area contributed by atoms with Crippen molar-refractivity contribution < 1.29 is 23.9 Å². The second kappa shape index (κ2) is 10.1. The van der Waals surface area contributed by atoms with Crippen molar-refractivity contribution >= 4 is 18.1 Å². The zero-order valence-electron chi connectivity index (χ0n) is 19.6. The standard InChI is InChI=1S/C28H27N3O5/c29-27(33)31-15-19(14-25(31)26(32)35-16-18-8-2-1-3-9-18)30-28(34)36-17-24-22-12-6-4-10-20(22)21-11-5-7-13-23(21)24/h1-13,19,24-25H,14-17H2,(H2,29,33)(H,30,34)/t19-,25+/m0/s1. The van der Waals surface area contributed by atoms with Crippen LogP contribution in [0.4, 0.5) is 9.59 Å². The number of hydrogen-bond donors (Lipinski definition) is 2. The lowest BCUT2D eigenvalue weighted by Gasteiger charge is -2.20. The fraction of sp³-hybridized carbons (Fsp3) is 0.250. The van der Waals surface area contributed by atoms with Crippen molar-refractivity contribution in [1.82, 2.24) is 10.2 Å². The zero-order valence-corrected chi connectivity index (χ0v) is 19.6. The second-order valence-electron chi connectivity index (χ2n) is 9.00. The molecule has 3 amide bonds. The lowest BCUT2D eigenvalue weighted by Crippen LogP contribution is -2.45. The van der Waals surface area contributed by atoms with Gasteiger partial charge in [-0.05, 0) is 27.8 Å². The summed E-state index contributed by atoms with van der Waals surface area (Å²) in [7, 11) is 0. The molecule has 0 saturated carbocycles. The van der Waals surface area contributed by atoms with Crippen molar-refractivity contribution in [2.45, 2.75) is 31.0 Å². The van der Waals surface area contributed by atoms with Gasteiger partial charge in [-0.15, -0.1) is 0 Å². The van der Waals surface area contributed by atoms with Gasteiger partial charge in [0.25, 0.3) is 0 Å². The molecule has 0 spiro atoms. The smallest absolute Gasteiger partial charge is 0.407 e. The first-order valence-corrected chi connectivity index (χ1v) is 11.9. The molecule has 1 heterocycles. The molecule has 2 atom stereocenters. The molecule has 1 saturated heterocycles. The number of alkyl carbamates (subject to hydrolysis) is 1. The van der Waals surface area contributed by atoms with Crippen LogP contribution in [0.5, 0.6) is 0 Å². The van der Waals surface area contributed by atoms with E-state index in [4.69, 9.17) is 15.2 Å². The number of nitrogens with two attached hydrogens (primary N) is 1. The van der Waals surface area contributed by atoms with Gasteiger partial charge < -0.3 is 25.4 Å². The molecule has 3 N–H and O–H groups in total. The molecule has 5 rings (SSSR count). The summed E-state index contributed by atoms with van der Waals surface area (Å²) in [6, 6.07) is 23.4. The van der Waals surface area contributed by atoms with Crippen LogP contribution in [-0.2, 0) is 20.9 Å². The number of hydrogen-bond acceptors (Lipinski definition) is 5. The minimum absolute atomic E-state index is 0.0606. The van der Waals surface area contributed by atoms with Crippen LogP contribution < -0.4 is 11.1 Å². The van der Waals surface area contributed by atoms with Gasteiger partial charge in [-0.1, -0.05) is 78.9 Å². The molecule has 1 aliphatic carbocycles. The average molecular weight is 486 g/mol. The number of nitrogens with one attached hydrogen (secondary N) is 1. The van der Waals surface area contributed by atoms with Crippen molar-refractivity contribution in [2.24, 2.45) is 5.73 Å². The number of rotatable bonds is 6. The Morgan fingerprint density at radius 3 is 2.11 bits per heavy atom. The molecule has 1 aliphatic heterocycles. The summed E-state index contributed by atoms with van der Waals surface area (Å²) in [4.78, 5) is 38.5. The molecule has 1 fully saturated rings. The fourth-order valence-electron chi connectivity index (χ4n) is 5.04. The predicted molar refractivity (Wildman–Crippen MR) is 133 cm³/mol. The number of nitrogens with zero attached hydrogens (tertiary/aromatic N) is 1. The van der Waals surface area contributed by atoms with Crippen LogP contribution in [0, 0.1) is 0 Å². The largest absolute Gasteiger partial charge is 0.459 e. The number of ether oxygens (including phenoxy) is 2. The summed E-state index contributed by atoms with van der Waals surface area (Å²) in [5, 5.41) is 2.78. The predicted octanol–water partition coefficient (Wildman–Crippen LogP) is 3.79. The van der Waals surface area contributed by atoms with Gasteiger partial charge in [-0.3, -0.25) is 0 Å². The number of benzene rings is 3. The molecule has 0 radical (unpaired) electrons. The van der Waals surface area contributed by atoms with E-state index in [1.807, 2.05) is 54.6 Å². The number of amides is 3. The third-order valence-corrected chi connectivity index (χ3v) is 6.75. The van der Waals surface area contributed by atoms with Gasteiger partial charge in [0, 0.05) is 18.9 Å². The number of likely N-dealkylation sites (tertiary alicyclic amines) is 1. The fourth-order valence-corrected chi connectivity index (χ4v) is 5.04. The van der Waals surface area contributed by atoms with Gasteiger partial charge in [0.2, 0.25) is 0 Å². The molecule has 3 aromatic carbocycles. The second-order valence-corrected chi connectivity index (χ2v) is 9.00. The number of urea groups is 1. The lowest BCUT2D eigenvalue weighted by atomic mass is 9.98. The van der Waals surface area contributed by atoms with E-state index in [1.54, 1.807) is 0 Å². The Morgan fingerprint density at radius 2 is 1.47 bits per heavy atom. The molecule has 3 aromatic rings. The first-order chi connectivity index (χ1) is 17.5. The van der Waals surface area contributed by atoms with Crippen molar-refractivity contribution in [3.63, 3.8) is 0 Å². The summed E-state index contributed by atoms with van der Waals surface area (Å²) in [6.45, 7) is 0.368. The molecule has 8 heteroatoms. The van der Waals surface area contributed by atoms with Crippen LogP contribution >= 0.6 is 0 Å². The van der Waals surface area contributed by atoms with E-state index >= 15 is 0 Å². The van der Waals surface area contributed by atoms with Crippen LogP contribution in [0.2, 0.25) is 0 Å². The topological polar surface area (TPSA) is 111 Å². The van der Waals surface area contributed by atoms with Gasteiger partial charge in [0.05, 0.1) is 6.04 Å². The Morgan fingerprint density at radius 1 is 0.861 bits per heavy atom. The van der Waals surface area contributed by atoms with Crippen molar-refractivity contribution in [3.05, 3.63) is 95.6 Å². The molecular weight excluding hydrogens is 458 g/mol. The quantitative estimate of drug-likeness (QED) is 0.516. The number of carbonyl (C=O) groups is 3. The molecular formula is C28H27N3O5. The highest BCUT2D eigenvalue weighted by Gasteiger charge is 2.41. The van der Waals surface area contributed by atoms with E-state index in [0.717, 1.165) is 27.8 Å². The van der Waals surface area contributed by atoms with Crippen LogP contribution in [0.15, 0.2) is 78.9 Å². The molecule has 2 aliphatic rings. The molecule has 0 bridgehead atoms. The maximum absolute atomic E-state index is 12.7. The molecule has 0 aromatic heterocycles. The van der Waals surface area contributed by atoms with Gasteiger partial charge in [0.15, 0.2) is 0 Å². The summed E-state index contributed by atoms with van der Waals surface area (Å²) in [5.74, 6) is -0.621. The molecule has 184 valence electrons. The Balaban J connectivity index is 1.18. The molecule has 8 nitrogen and oxygen atoms in total. The van der Waals surface area contributed by atoms with E-state index in [2.05, 4.69) is 29.6 Å². The normalized spacial score (nSPS) is 18.3. The van der Waals surface area contributed by atoms with Crippen LogP contribution in [0.1, 0.15) is 29.0 Å². The van der Waals surface area contributed by atoms with Crippen molar-refractivity contribution in [3.8, 4) is 11.1 Å². The van der Waals surface area contributed by atoms with E-state index in [9.17, 15) is 14.4 Å². The number of primary amides is 1. The highest BCUT2D eigenvalue weighted by molar-refractivity contribution is 5.84. The highest BCUT2D eigenvalue weighted by atomic mass is 16.5. The Bertz CT molecular complexity index is 1230. The van der Waals surface area contributed by atoms with E-state index in [0.29, 0.717) is 0 Å². The SMILES string of the molecule is NC(=O)N1C[C@@H](NC(=O)OCC2c3ccccc3-c3ccccc32)C[C@@H]1C(=O)OCc1ccccc1. The van der Waals surface area contributed by atoms with Gasteiger partial charge in [-0.2, -0.15) is 0 Å². The van der Waals surface area contributed by atoms with E-state index < -0.39 is 30.2 Å². The van der Waals surface area contributed by atoms with Crippen molar-refractivity contribution in [2.75, 3.05) is 13.2 Å². The molecule has 36 heavy (non-hydrogen) atoms. The van der Waals surface area contributed by atoms with Crippen LogP contribution in [-0.4, -0.2) is 48.2 Å². The molecule has 0 unspecified atom stereocenters. The first-order valence-electron chi connectivity index (χ1n) is 11.9. The van der Waals surface area contributed by atoms with Gasteiger partial charge >= 0.3 is 18.1 Å². The third-order valence-electron chi connectivity index (χ3n) is 6.75. The zero-order chi connectivity index (χ0) is 25.1. The lowest BCUT2D eigenvalue weighted by molar-refractivity contribution is -0.149. The minimum Gasteiger partial charge on any atom is -0.459 e. The Labute approximate surface area is 209 Å². The first kappa shape index (κ1) is 23.4. The maximum atomic E-state index is 12.7. The Kier molecular flexibility index (Phi) is 6.58. The van der Waals surface area contributed by atoms with Crippen LogP contribution in [0.3, 0.4) is 0 Å². The number of carbonyl (C=O) groups excluding carboxylic acids is 3. The highest BCUT2D eigenvalue weighted by Crippen LogP contribution is 2.44. The van der Waals surface area contributed by atoms with Crippen molar-refractivity contribution in [1.29, 1.82) is 0 Å². The number of fused-ring (bicyclic) bond motifs is 3. The third kappa shape index (κ3) is 4.75. The van der Waals surface area contributed by atoms with Gasteiger partial charge in [-0.25, -0.2) is 14.4 Å². The summed E-state index contributed by atoms with van der Waals surface area (Å²) in [6.07, 6.45) is -0.412. The Hall–Kier alpha value is -4.33. The summed E-state index contributed by atoms with van der Waals surface area (Å²) in [5.41, 5.74) is 10.9. The number of esters is 1. The maximum Gasteiger partial charge on any atom is 0.407 e. The summed E-state index contributed by atoms with van der Waals surface area (Å²) < 4.78 is 11.0. The van der Waals surface area contributed by atoms with E-state index in [-0.39, 0.29) is 32.1 Å². The monoisotopic (exact) mass is 485 g/mol.